The lowest BCUT2D eigenvalue weighted by Crippen LogP contribution is -2.27. The Morgan fingerprint density at radius 2 is 1.87 bits per heavy atom. The van der Waals surface area contributed by atoms with Crippen molar-refractivity contribution in [3.63, 3.8) is 0 Å². The van der Waals surface area contributed by atoms with Gasteiger partial charge in [0.2, 0.25) is 5.91 Å². The van der Waals surface area contributed by atoms with Gasteiger partial charge >= 0.3 is 6.18 Å². The number of hydrogen-bond acceptors (Lipinski definition) is 2. The minimum atomic E-state index is -4.47. The summed E-state index contributed by atoms with van der Waals surface area (Å²) in [5.41, 5.74) is 1.66. The summed E-state index contributed by atoms with van der Waals surface area (Å²) < 4.78 is 42.3. The number of halogens is 3. The van der Waals surface area contributed by atoms with E-state index in [1.165, 1.54) is 4.68 Å². The van der Waals surface area contributed by atoms with Crippen molar-refractivity contribution in [2.45, 2.75) is 50.9 Å². The van der Waals surface area contributed by atoms with Crippen LogP contribution in [0.3, 0.4) is 0 Å². The van der Waals surface area contributed by atoms with E-state index in [0.717, 1.165) is 30.2 Å². The van der Waals surface area contributed by atoms with E-state index in [2.05, 4.69) is 10.4 Å². The van der Waals surface area contributed by atoms with Gasteiger partial charge in [0.15, 0.2) is 5.69 Å². The molecule has 0 radical (unpaired) electrons. The molecule has 1 aliphatic carbocycles. The summed E-state index contributed by atoms with van der Waals surface area (Å²) in [6.45, 7) is 2.01. The molecule has 1 unspecified atom stereocenters. The Hall–Kier alpha value is -3.03. The first-order valence-corrected chi connectivity index (χ1v) is 9.99. The van der Waals surface area contributed by atoms with Crippen molar-refractivity contribution in [3.8, 4) is 5.69 Å². The molecule has 1 aromatic carbocycles. The molecular formula is C22H23F3N4O. The Labute approximate surface area is 172 Å². The number of nitrogens with one attached hydrogen (secondary N) is 1. The lowest BCUT2D eigenvalue weighted by Gasteiger charge is -2.15. The summed E-state index contributed by atoms with van der Waals surface area (Å²) in [7, 11) is 0. The van der Waals surface area contributed by atoms with Gasteiger partial charge in [-0.3, -0.25) is 9.48 Å². The van der Waals surface area contributed by atoms with Crippen LogP contribution in [-0.2, 0) is 17.5 Å². The van der Waals surface area contributed by atoms with Gasteiger partial charge in [-0.25, -0.2) is 0 Å². The van der Waals surface area contributed by atoms with Crippen LogP contribution in [0.25, 0.3) is 5.69 Å². The van der Waals surface area contributed by atoms with Gasteiger partial charge in [-0.1, -0.05) is 12.1 Å². The van der Waals surface area contributed by atoms with Crippen molar-refractivity contribution in [1.29, 1.82) is 0 Å². The third-order valence-corrected chi connectivity index (χ3v) is 5.32. The maximum Gasteiger partial charge on any atom is 0.435 e. The number of hydrogen-bond donors (Lipinski definition) is 1. The average molecular weight is 416 g/mol. The lowest BCUT2D eigenvalue weighted by atomic mass is 10.1. The molecule has 5 nitrogen and oxygen atoms in total. The van der Waals surface area contributed by atoms with E-state index in [-0.39, 0.29) is 30.8 Å². The molecule has 158 valence electrons. The fourth-order valence-electron chi connectivity index (χ4n) is 3.50. The second-order valence-electron chi connectivity index (χ2n) is 7.67. The van der Waals surface area contributed by atoms with Crippen LogP contribution in [0.2, 0.25) is 0 Å². The minimum absolute atomic E-state index is 0.0739. The van der Waals surface area contributed by atoms with Crippen LogP contribution in [0, 0.1) is 0 Å². The van der Waals surface area contributed by atoms with Crippen molar-refractivity contribution >= 4 is 5.91 Å². The van der Waals surface area contributed by atoms with E-state index >= 15 is 0 Å². The van der Waals surface area contributed by atoms with Gasteiger partial charge in [0, 0.05) is 42.7 Å². The number of nitrogens with zero attached hydrogens (tertiary/aromatic N) is 3. The summed E-state index contributed by atoms with van der Waals surface area (Å²) in [6, 6.07) is 12.7. The zero-order valence-electron chi connectivity index (χ0n) is 16.6. The molecule has 4 rings (SSSR count). The highest BCUT2D eigenvalue weighted by Crippen LogP contribution is 2.42. The molecular weight excluding hydrogens is 393 g/mol. The minimum Gasteiger partial charge on any atom is -0.350 e. The van der Waals surface area contributed by atoms with Gasteiger partial charge in [0.1, 0.15) is 0 Å². The van der Waals surface area contributed by atoms with Crippen molar-refractivity contribution in [3.05, 3.63) is 71.8 Å². The van der Waals surface area contributed by atoms with Gasteiger partial charge in [0.05, 0.1) is 6.04 Å². The van der Waals surface area contributed by atoms with Crippen molar-refractivity contribution < 1.29 is 18.0 Å². The second kappa shape index (κ2) is 8.01. The molecule has 8 heteroatoms. The van der Waals surface area contributed by atoms with Crippen LogP contribution in [0.1, 0.15) is 55.1 Å². The maximum absolute atomic E-state index is 13.0. The molecule has 0 aliphatic heterocycles. The predicted octanol–water partition coefficient (Wildman–Crippen LogP) is 4.84. The van der Waals surface area contributed by atoms with E-state index < -0.39 is 11.9 Å². The molecule has 30 heavy (non-hydrogen) atoms. The molecule has 1 saturated carbocycles. The molecule has 2 aromatic heterocycles. The zero-order chi connectivity index (χ0) is 21.3. The van der Waals surface area contributed by atoms with Crippen molar-refractivity contribution in [2.75, 3.05) is 0 Å². The predicted molar refractivity (Wildman–Crippen MR) is 106 cm³/mol. The van der Waals surface area contributed by atoms with E-state index in [1.54, 1.807) is 0 Å². The van der Waals surface area contributed by atoms with Gasteiger partial charge in [-0.05, 0) is 55.7 Å². The SMILES string of the molecule is CC(NC(=O)CCn1nc(C(F)(F)F)cc1C1CC1)c1ccc(-n2cccc2)cc1. The average Bonchev–Trinajstić information content (AvgIpc) is 3.22. The van der Waals surface area contributed by atoms with Crippen LogP contribution in [-0.4, -0.2) is 20.3 Å². The number of alkyl halides is 3. The number of carbonyl (C=O) groups excluding carboxylic acids is 1. The lowest BCUT2D eigenvalue weighted by molar-refractivity contribution is -0.141. The van der Waals surface area contributed by atoms with Crippen molar-refractivity contribution in [2.24, 2.45) is 0 Å². The molecule has 1 atom stereocenters. The van der Waals surface area contributed by atoms with E-state index in [9.17, 15) is 18.0 Å². The third-order valence-electron chi connectivity index (χ3n) is 5.32. The van der Waals surface area contributed by atoms with Crippen LogP contribution in [0.15, 0.2) is 54.9 Å². The smallest absolute Gasteiger partial charge is 0.350 e. The monoisotopic (exact) mass is 416 g/mol. The summed E-state index contributed by atoms with van der Waals surface area (Å²) in [6.07, 6.45) is 1.24. The third kappa shape index (κ3) is 4.58. The summed E-state index contributed by atoms with van der Waals surface area (Å²) in [5.74, 6) is -0.0998. The topological polar surface area (TPSA) is 51.9 Å². The Bertz CT molecular complexity index is 1000. The molecule has 0 spiro atoms. The maximum atomic E-state index is 13.0. The molecule has 1 N–H and O–H groups in total. The summed E-state index contributed by atoms with van der Waals surface area (Å²) in [5, 5.41) is 6.61. The van der Waals surface area contributed by atoms with Crippen LogP contribution < -0.4 is 5.32 Å². The molecule has 2 heterocycles. The highest BCUT2D eigenvalue weighted by atomic mass is 19.4. The molecule has 3 aromatic rings. The van der Waals surface area contributed by atoms with Crippen LogP contribution >= 0.6 is 0 Å². The van der Waals surface area contributed by atoms with Crippen molar-refractivity contribution in [1.82, 2.24) is 19.7 Å². The number of amides is 1. The highest BCUT2D eigenvalue weighted by molar-refractivity contribution is 5.76. The summed E-state index contributed by atoms with van der Waals surface area (Å²) >= 11 is 0. The normalized spacial score (nSPS) is 15.2. The molecule has 1 aliphatic rings. The summed E-state index contributed by atoms with van der Waals surface area (Å²) in [4.78, 5) is 12.4. The van der Waals surface area contributed by atoms with E-state index in [4.69, 9.17) is 0 Å². The molecule has 0 bridgehead atoms. The van der Waals surface area contributed by atoms with Gasteiger partial charge < -0.3 is 9.88 Å². The first-order valence-electron chi connectivity index (χ1n) is 9.99. The second-order valence-corrected chi connectivity index (χ2v) is 7.67. The first kappa shape index (κ1) is 20.3. The number of aryl methyl sites for hydroxylation is 1. The van der Waals surface area contributed by atoms with Gasteiger partial charge in [-0.15, -0.1) is 0 Å². The van der Waals surface area contributed by atoms with Gasteiger partial charge in [-0.2, -0.15) is 18.3 Å². The highest BCUT2D eigenvalue weighted by Gasteiger charge is 2.37. The molecule has 0 saturated heterocycles. The number of benzene rings is 1. The zero-order valence-corrected chi connectivity index (χ0v) is 16.6. The number of carbonyl (C=O) groups is 1. The largest absolute Gasteiger partial charge is 0.435 e. The Balaban J connectivity index is 1.35. The van der Waals surface area contributed by atoms with Crippen LogP contribution in [0.4, 0.5) is 13.2 Å². The Morgan fingerprint density at radius 1 is 1.20 bits per heavy atom. The number of aromatic nitrogens is 3. The van der Waals surface area contributed by atoms with Gasteiger partial charge in [0.25, 0.3) is 0 Å². The Morgan fingerprint density at radius 3 is 2.47 bits per heavy atom. The quantitative estimate of drug-likeness (QED) is 0.599. The van der Waals surface area contributed by atoms with Crippen LogP contribution in [0.5, 0.6) is 0 Å². The van der Waals surface area contributed by atoms with E-state index in [1.807, 2.05) is 60.3 Å². The fraction of sp³-hybridized carbons (Fsp3) is 0.364. The fourth-order valence-corrected chi connectivity index (χ4v) is 3.50. The molecule has 1 fully saturated rings. The molecule has 1 amide bonds. The van der Waals surface area contributed by atoms with E-state index in [0.29, 0.717) is 5.69 Å². The standard InChI is InChI=1S/C22H23F3N4O/c1-15(16-6-8-18(9-7-16)28-11-2-3-12-28)26-21(30)10-13-29-19(17-4-5-17)14-20(27-29)22(23,24)25/h2-3,6-9,11-12,14-15,17H,4-5,10,13H2,1H3,(H,26,30). The Kier molecular flexibility index (Phi) is 5.40. The first-order chi connectivity index (χ1) is 14.3. The number of rotatable bonds is 7.